The molecule has 6 nitrogen and oxygen atoms in total. The van der Waals surface area contributed by atoms with Crippen molar-refractivity contribution in [2.75, 3.05) is 0 Å². The van der Waals surface area contributed by atoms with E-state index in [2.05, 4.69) is 15.0 Å². The average Bonchev–Trinajstić information content (AvgIpc) is 2.55. The maximum absolute atomic E-state index is 12.5. The number of ketones is 1. The van der Waals surface area contributed by atoms with Gasteiger partial charge in [0.25, 0.3) is 5.56 Å². The zero-order valence-corrected chi connectivity index (χ0v) is 13.5. The van der Waals surface area contributed by atoms with Crippen LogP contribution in [0.4, 0.5) is 0 Å². The normalized spacial score (nSPS) is 11.9. The zero-order valence-electron chi connectivity index (χ0n) is 12.0. The van der Waals surface area contributed by atoms with Gasteiger partial charge in [-0.25, -0.2) is 9.97 Å². The molecular weight excluding hydrogens is 351 g/mol. The van der Waals surface area contributed by atoms with Crippen LogP contribution >= 0.6 is 23.2 Å². The highest BCUT2D eigenvalue weighted by Gasteiger charge is 2.25. The van der Waals surface area contributed by atoms with Gasteiger partial charge in [0.05, 0.1) is 17.0 Å². The van der Waals surface area contributed by atoms with Crippen molar-refractivity contribution in [3.8, 4) is 6.07 Å². The lowest BCUT2D eigenvalue weighted by molar-refractivity contribution is 0.0976. The van der Waals surface area contributed by atoms with Crippen molar-refractivity contribution in [3.63, 3.8) is 0 Å². The fourth-order valence-corrected chi connectivity index (χ4v) is 2.57. The molecule has 118 valence electrons. The number of rotatable bonds is 3. The first-order chi connectivity index (χ1) is 11.5. The van der Waals surface area contributed by atoms with Gasteiger partial charge in [-0.1, -0.05) is 23.2 Å². The highest BCUT2D eigenvalue weighted by atomic mass is 35.5. The first-order valence-electron chi connectivity index (χ1n) is 6.74. The van der Waals surface area contributed by atoms with Crippen molar-refractivity contribution in [1.29, 1.82) is 5.26 Å². The van der Waals surface area contributed by atoms with E-state index >= 15 is 0 Å². The van der Waals surface area contributed by atoms with Crippen LogP contribution in [0.5, 0.6) is 0 Å². The lowest BCUT2D eigenvalue weighted by atomic mass is 9.99. The molecule has 0 aliphatic heterocycles. The summed E-state index contributed by atoms with van der Waals surface area (Å²) in [5, 5.41) is 10.2. The van der Waals surface area contributed by atoms with Gasteiger partial charge in [0, 0.05) is 16.8 Å². The summed E-state index contributed by atoms with van der Waals surface area (Å²) in [7, 11) is 0. The van der Waals surface area contributed by atoms with E-state index in [4.69, 9.17) is 23.2 Å². The van der Waals surface area contributed by atoms with Crippen LogP contribution in [0.2, 0.25) is 10.2 Å². The number of aromatic nitrogens is 3. The van der Waals surface area contributed by atoms with Crippen LogP contribution < -0.4 is 5.56 Å². The number of carbonyl (C=O) groups excluding carboxylic acids is 1. The number of H-pyrrole nitrogens is 1. The number of nitrogens with one attached hydrogen (secondary N) is 1. The molecule has 3 rings (SSSR count). The van der Waals surface area contributed by atoms with E-state index in [1.54, 1.807) is 6.07 Å². The molecule has 0 aliphatic rings. The Labute approximate surface area is 145 Å². The van der Waals surface area contributed by atoms with Crippen molar-refractivity contribution < 1.29 is 4.79 Å². The van der Waals surface area contributed by atoms with E-state index in [0.717, 1.165) is 0 Å². The fraction of sp³-hybridized carbons (Fsp3) is 0.0625. The molecule has 2 aromatic heterocycles. The first kappa shape index (κ1) is 16.1. The Morgan fingerprint density at radius 2 is 2.04 bits per heavy atom. The van der Waals surface area contributed by atoms with Gasteiger partial charge in [-0.05, 0) is 30.3 Å². The van der Waals surface area contributed by atoms with Crippen LogP contribution in [-0.2, 0) is 0 Å². The molecule has 1 aromatic carbocycles. The zero-order chi connectivity index (χ0) is 17.3. The SMILES string of the molecule is N#C[C@H](C(=O)c1ccnc(Cl)c1)c1nc2cc(Cl)ccc2c(=O)[nH]1. The second kappa shape index (κ2) is 6.40. The highest BCUT2D eigenvalue weighted by molar-refractivity contribution is 6.31. The van der Waals surface area contributed by atoms with Gasteiger partial charge in [-0.3, -0.25) is 9.59 Å². The number of pyridine rings is 1. The summed E-state index contributed by atoms with van der Waals surface area (Å²) in [4.78, 5) is 35.2. The van der Waals surface area contributed by atoms with E-state index in [0.29, 0.717) is 15.9 Å². The Kier molecular flexibility index (Phi) is 4.30. The third kappa shape index (κ3) is 3.00. The van der Waals surface area contributed by atoms with Crippen molar-refractivity contribution in [1.82, 2.24) is 15.0 Å². The van der Waals surface area contributed by atoms with Crippen molar-refractivity contribution in [3.05, 3.63) is 68.4 Å². The Hall–Kier alpha value is -2.75. The smallest absolute Gasteiger partial charge is 0.258 e. The van der Waals surface area contributed by atoms with Crippen LogP contribution in [0.25, 0.3) is 10.9 Å². The largest absolute Gasteiger partial charge is 0.308 e. The first-order valence-corrected chi connectivity index (χ1v) is 7.50. The number of benzene rings is 1. The molecule has 0 saturated carbocycles. The van der Waals surface area contributed by atoms with Crippen molar-refractivity contribution in [2.45, 2.75) is 5.92 Å². The molecule has 2 heterocycles. The number of nitriles is 1. The molecule has 0 fully saturated rings. The summed E-state index contributed by atoms with van der Waals surface area (Å²) in [5.74, 6) is -1.86. The highest BCUT2D eigenvalue weighted by Crippen LogP contribution is 2.21. The fourth-order valence-electron chi connectivity index (χ4n) is 2.23. The third-order valence-corrected chi connectivity index (χ3v) is 3.80. The van der Waals surface area contributed by atoms with Gasteiger partial charge >= 0.3 is 0 Å². The average molecular weight is 359 g/mol. The van der Waals surface area contributed by atoms with E-state index in [1.807, 2.05) is 6.07 Å². The molecule has 24 heavy (non-hydrogen) atoms. The summed E-state index contributed by atoms with van der Waals surface area (Å²) in [5.41, 5.74) is 0.0601. The van der Waals surface area contributed by atoms with Crippen LogP contribution in [-0.4, -0.2) is 20.7 Å². The monoisotopic (exact) mass is 358 g/mol. The predicted molar refractivity (Wildman–Crippen MR) is 89.3 cm³/mol. The summed E-state index contributed by atoms with van der Waals surface area (Å²) >= 11 is 11.7. The molecule has 3 aromatic rings. The second-order valence-corrected chi connectivity index (χ2v) is 5.73. The minimum absolute atomic E-state index is 0.0461. The molecule has 0 bridgehead atoms. The minimum atomic E-state index is -1.28. The Bertz CT molecular complexity index is 1060. The molecule has 0 spiro atoms. The summed E-state index contributed by atoms with van der Waals surface area (Å²) in [6, 6.07) is 9.24. The topological polar surface area (TPSA) is 99.5 Å². The standard InChI is InChI=1S/C16H8Cl2N4O2/c17-9-1-2-10-12(6-9)21-15(22-16(10)24)11(7-19)14(23)8-3-4-20-13(18)5-8/h1-6,11H,(H,21,22,24)/t11-/m1/s1. The number of fused-ring (bicyclic) bond motifs is 1. The molecule has 0 unspecified atom stereocenters. The summed E-state index contributed by atoms with van der Waals surface area (Å²) < 4.78 is 0. The van der Waals surface area contributed by atoms with E-state index in [-0.39, 0.29) is 16.5 Å². The number of hydrogen-bond donors (Lipinski definition) is 1. The molecule has 0 amide bonds. The van der Waals surface area contributed by atoms with Gasteiger partial charge in [-0.2, -0.15) is 5.26 Å². The van der Waals surface area contributed by atoms with E-state index < -0.39 is 17.3 Å². The molecule has 0 saturated heterocycles. The molecule has 1 atom stereocenters. The summed E-state index contributed by atoms with van der Waals surface area (Å²) in [6.45, 7) is 0. The van der Waals surface area contributed by atoms with Gasteiger partial charge < -0.3 is 4.98 Å². The van der Waals surface area contributed by atoms with Crippen LogP contribution in [0.1, 0.15) is 22.1 Å². The van der Waals surface area contributed by atoms with Gasteiger partial charge in [0.2, 0.25) is 0 Å². The number of hydrogen-bond acceptors (Lipinski definition) is 5. The van der Waals surface area contributed by atoms with Crippen molar-refractivity contribution in [2.24, 2.45) is 0 Å². The van der Waals surface area contributed by atoms with Crippen LogP contribution in [0, 0.1) is 11.3 Å². The predicted octanol–water partition coefficient (Wildman–Crippen LogP) is 3.11. The minimum Gasteiger partial charge on any atom is -0.308 e. The summed E-state index contributed by atoms with van der Waals surface area (Å²) in [6.07, 6.45) is 1.36. The maximum Gasteiger partial charge on any atom is 0.258 e. The third-order valence-electron chi connectivity index (χ3n) is 3.36. The van der Waals surface area contributed by atoms with E-state index in [1.165, 1.54) is 30.5 Å². The maximum atomic E-state index is 12.5. The van der Waals surface area contributed by atoms with Crippen LogP contribution in [0.15, 0.2) is 41.3 Å². The molecule has 8 heteroatoms. The number of halogens is 2. The van der Waals surface area contributed by atoms with Gasteiger partial charge in [-0.15, -0.1) is 0 Å². The Balaban J connectivity index is 2.12. The molecule has 1 N–H and O–H groups in total. The van der Waals surface area contributed by atoms with E-state index in [9.17, 15) is 14.9 Å². The lowest BCUT2D eigenvalue weighted by Gasteiger charge is -2.09. The Morgan fingerprint density at radius 1 is 1.25 bits per heavy atom. The number of Topliss-reactive ketones (excluding diaryl/α,β-unsaturated/α-hetero) is 1. The van der Waals surface area contributed by atoms with Crippen LogP contribution in [0.3, 0.4) is 0 Å². The van der Waals surface area contributed by atoms with Crippen molar-refractivity contribution >= 4 is 39.9 Å². The number of aromatic amines is 1. The molecule has 0 radical (unpaired) electrons. The van der Waals surface area contributed by atoms with Gasteiger partial charge in [0.1, 0.15) is 11.0 Å². The quantitative estimate of drug-likeness (QED) is 0.572. The Morgan fingerprint density at radius 3 is 2.75 bits per heavy atom. The number of nitrogens with zero attached hydrogens (tertiary/aromatic N) is 3. The number of carbonyl (C=O) groups is 1. The molecular formula is C16H8Cl2N4O2. The second-order valence-electron chi connectivity index (χ2n) is 4.91. The molecule has 0 aliphatic carbocycles. The van der Waals surface area contributed by atoms with Gasteiger partial charge in [0.15, 0.2) is 11.7 Å². The lowest BCUT2D eigenvalue weighted by Crippen LogP contribution is -2.19.